The number of carbonyl (C=O) groups excluding carboxylic acids is 2. The van der Waals surface area contributed by atoms with Crippen LogP contribution in [0.25, 0.3) is 0 Å². The predicted molar refractivity (Wildman–Crippen MR) is 99.7 cm³/mol. The number of ether oxygens (including phenoxy) is 1. The first-order valence-corrected chi connectivity index (χ1v) is 8.48. The molecule has 0 aliphatic carbocycles. The molecular formula is C16H13Br2N3O4. The topological polar surface area (TPSA) is 114 Å². The molecule has 7 nitrogen and oxygen atoms in total. The zero-order valence-electron chi connectivity index (χ0n) is 12.7. The fourth-order valence-electron chi connectivity index (χ4n) is 1.77. The van der Waals surface area contributed by atoms with Crippen molar-refractivity contribution in [1.29, 1.82) is 0 Å². The lowest BCUT2D eigenvalue weighted by atomic mass is 10.2. The Morgan fingerprint density at radius 3 is 2.56 bits per heavy atom. The van der Waals surface area contributed by atoms with Crippen LogP contribution in [0.5, 0.6) is 11.5 Å². The van der Waals surface area contributed by atoms with Gasteiger partial charge in [-0.3, -0.25) is 9.59 Å². The Hall–Kier alpha value is -2.39. The number of hydrogen-bond acceptors (Lipinski definition) is 5. The maximum Gasteiger partial charge on any atom is 0.275 e. The zero-order valence-corrected chi connectivity index (χ0v) is 15.9. The molecule has 0 spiro atoms. The number of halogens is 2. The number of rotatable bonds is 6. The summed E-state index contributed by atoms with van der Waals surface area (Å²) < 4.78 is 6.16. The van der Waals surface area contributed by atoms with Gasteiger partial charge in [-0.25, -0.2) is 5.43 Å². The van der Waals surface area contributed by atoms with Crippen LogP contribution in [-0.2, 0) is 4.79 Å². The number of nitrogens with zero attached hydrogens (tertiary/aromatic N) is 1. The summed E-state index contributed by atoms with van der Waals surface area (Å²) >= 11 is 6.41. The van der Waals surface area contributed by atoms with E-state index in [4.69, 9.17) is 10.5 Å². The Morgan fingerprint density at radius 1 is 1.24 bits per heavy atom. The highest BCUT2D eigenvalue weighted by Gasteiger charge is 2.14. The van der Waals surface area contributed by atoms with Gasteiger partial charge in [0.2, 0.25) is 0 Å². The summed E-state index contributed by atoms with van der Waals surface area (Å²) in [5, 5.41) is 13.7. The lowest BCUT2D eigenvalue weighted by Crippen LogP contribution is -2.20. The Labute approximate surface area is 160 Å². The lowest BCUT2D eigenvalue weighted by Gasteiger charge is -2.06. The van der Waals surface area contributed by atoms with Crippen molar-refractivity contribution >= 4 is 49.9 Å². The van der Waals surface area contributed by atoms with Gasteiger partial charge >= 0.3 is 0 Å². The standard InChI is InChI=1S/C16H13Br2N3O4/c17-10-5-12(15(23)13(18)6-10)16(24)21-20-7-9-1-3-11(4-2-9)25-8-14(19)22/h1-7,23H,8H2,(H2,19,22)(H,21,24)/b20-7-. The van der Waals surface area contributed by atoms with E-state index in [2.05, 4.69) is 42.4 Å². The zero-order chi connectivity index (χ0) is 18.4. The molecule has 0 radical (unpaired) electrons. The molecule has 4 N–H and O–H groups in total. The van der Waals surface area contributed by atoms with Gasteiger partial charge in [0.15, 0.2) is 6.61 Å². The number of hydrazone groups is 1. The SMILES string of the molecule is NC(=O)COc1ccc(/C=N\NC(=O)c2cc(Br)cc(Br)c2O)cc1. The third kappa shape index (κ3) is 5.57. The number of benzene rings is 2. The lowest BCUT2D eigenvalue weighted by molar-refractivity contribution is -0.119. The first-order chi connectivity index (χ1) is 11.9. The molecule has 2 aromatic rings. The molecule has 2 rings (SSSR count). The van der Waals surface area contributed by atoms with Crippen LogP contribution >= 0.6 is 31.9 Å². The monoisotopic (exact) mass is 469 g/mol. The number of amides is 2. The van der Waals surface area contributed by atoms with E-state index in [0.717, 1.165) is 0 Å². The molecule has 0 saturated heterocycles. The normalized spacial score (nSPS) is 10.6. The van der Waals surface area contributed by atoms with Crippen molar-refractivity contribution in [2.75, 3.05) is 6.61 Å². The van der Waals surface area contributed by atoms with Crippen LogP contribution in [0.3, 0.4) is 0 Å². The van der Waals surface area contributed by atoms with Crippen LogP contribution in [-0.4, -0.2) is 29.7 Å². The summed E-state index contributed by atoms with van der Waals surface area (Å²) in [5.41, 5.74) is 8.10. The number of aromatic hydroxyl groups is 1. The van der Waals surface area contributed by atoms with Gasteiger partial charge in [-0.2, -0.15) is 5.10 Å². The summed E-state index contributed by atoms with van der Waals surface area (Å²) in [7, 11) is 0. The Bertz CT molecular complexity index is 823. The summed E-state index contributed by atoms with van der Waals surface area (Å²) in [6.45, 7) is -0.199. The molecule has 0 heterocycles. The number of phenolic OH excluding ortho intramolecular Hbond substituents is 1. The van der Waals surface area contributed by atoms with E-state index in [0.29, 0.717) is 20.3 Å². The molecule has 25 heavy (non-hydrogen) atoms. The Kier molecular flexibility index (Phi) is 6.54. The third-order valence-corrected chi connectivity index (χ3v) is 3.98. The second-order valence-corrected chi connectivity index (χ2v) is 6.58. The van der Waals surface area contributed by atoms with Gasteiger partial charge in [-0.1, -0.05) is 15.9 Å². The number of carbonyl (C=O) groups is 2. The minimum absolute atomic E-state index is 0.0774. The fraction of sp³-hybridized carbons (Fsp3) is 0.0625. The molecule has 9 heteroatoms. The number of nitrogens with one attached hydrogen (secondary N) is 1. The molecule has 0 bridgehead atoms. The molecule has 2 aromatic carbocycles. The maximum atomic E-state index is 12.1. The number of primary amides is 1. The number of hydrogen-bond donors (Lipinski definition) is 3. The molecule has 0 aromatic heterocycles. The van der Waals surface area contributed by atoms with Gasteiger partial charge in [-0.15, -0.1) is 0 Å². The van der Waals surface area contributed by atoms with Crippen molar-refractivity contribution in [3.63, 3.8) is 0 Å². The Morgan fingerprint density at radius 2 is 1.92 bits per heavy atom. The van der Waals surface area contributed by atoms with Crippen molar-refractivity contribution in [3.05, 3.63) is 56.5 Å². The first-order valence-electron chi connectivity index (χ1n) is 6.89. The molecule has 2 amide bonds. The van der Waals surface area contributed by atoms with E-state index in [1.54, 1.807) is 30.3 Å². The molecule has 0 aliphatic rings. The van der Waals surface area contributed by atoms with Gasteiger partial charge in [0.1, 0.15) is 11.5 Å². The van der Waals surface area contributed by atoms with E-state index in [-0.39, 0.29) is 17.9 Å². The van der Waals surface area contributed by atoms with Crippen molar-refractivity contribution in [1.82, 2.24) is 5.43 Å². The largest absolute Gasteiger partial charge is 0.506 e. The average molecular weight is 471 g/mol. The molecule has 0 fully saturated rings. The van der Waals surface area contributed by atoms with E-state index >= 15 is 0 Å². The minimum atomic E-state index is -0.559. The summed E-state index contributed by atoms with van der Waals surface area (Å²) in [6.07, 6.45) is 1.43. The van der Waals surface area contributed by atoms with Gasteiger partial charge in [0, 0.05) is 4.47 Å². The molecular weight excluding hydrogens is 458 g/mol. The smallest absolute Gasteiger partial charge is 0.275 e. The first kappa shape index (κ1) is 18.9. The van der Waals surface area contributed by atoms with E-state index in [9.17, 15) is 14.7 Å². The maximum absolute atomic E-state index is 12.1. The van der Waals surface area contributed by atoms with Gasteiger partial charge < -0.3 is 15.6 Å². The van der Waals surface area contributed by atoms with Crippen molar-refractivity contribution < 1.29 is 19.4 Å². The van der Waals surface area contributed by atoms with Gasteiger partial charge in [-0.05, 0) is 57.9 Å². The second kappa shape index (κ2) is 8.63. The molecule has 0 unspecified atom stereocenters. The van der Waals surface area contributed by atoms with Crippen LogP contribution < -0.4 is 15.9 Å². The number of nitrogens with two attached hydrogens (primary N) is 1. The highest BCUT2D eigenvalue weighted by atomic mass is 79.9. The van der Waals surface area contributed by atoms with Crippen LogP contribution in [0.2, 0.25) is 0 Å². The summed E-state index contributed by atoms with van der Waals surface area (Å²) in [6, 6.07) is 9.78. The predicted octanol–water partition coefficient (Wildman–Crippen LogP) is 2.55. The molecule has 0 aliphatic heterocycles. The van der Waals surface area contributed by atoms with Crippen LogP contribution in [0.1, 0.15) is 15.9 Å². The van der Waals surface area contributed by atoms with Crippen molar-refractivity contribution in [2.24, 2.45) is 10.8 Å². The van der Waals surface area contributed by atoms with Crippen molar-refractivity contribution in [2.45, 2.75) is 0 Å². The van der Waals surface area contributed by atoms with Crippen LogP contribution in [0.15, 0.2) is 50.4 Å². The van der Waals surface area contributed by atoms with E-state index < -0.39 is 11.8 Å². The second-order valence-electron chi connectivity index (χ2n) is 4.81. The quantitative estimate of drug-likeness (QED) is 0.444. The summed E-state index contributed by atoms with van der Waals surface area (Å²) in [5.74, 6) is -0.802. The van der Waals surface area contributed by atoms with Crippen molar-refractivity contribution in [3.8, 4) is 11.5 Å². The van der Waals surface area contributed by atoms with E-state index in [1.165, 1.54) is 12.3 Å². The van der Waals surface area contributed by atoms with E-state index in [1.807, 2.05) is 0 Å². The van der Waals surface area contributed by atoms with Gasteiger partial charge in [0.05, 0.1) is 16.3 Å². The molecule has 0 saturated carbocycles. The number of phenols is 1. The minimum Gasteiger partial charge on any atom is -0.506 e. The highest BCUT2D eigenvalue weighted by Crippen LogP contribution is 2.31. The average Bonchev–Trinajstić information content (AvgIpc) is 2.57. The fourth-order valence-corrected chi connectivity index (χ4v) is 2.99. The molecule has 0 atom stereocenters. The third-order valence-electron chi connectivity index (χ3n) is 2.91. The molecule has 130 valence electrons. The van der Waals surface area contributed by atoms with Crippen LogP contribution in [0.4, 0.5) is 0 Å². The summed E-state index contributed by atoms with van der Waals surface area (Å²) in [4.78, 5) is 22.7. The van der Waals surface area contributed by atoms with Crippen LogP contribution in [0, 0.1) is 0 Å². The van der Waals surface area contributed by atoms with Gasteiger partial charge in [0.25, 0.3) is 11.8 Å². The highest BCUT2D eigenvalue weighted by molar-refractivity contribution is 9.11. The Balaban J connectivity index is 1.99.